The third kappa shape index (κ3) is 17.6. The zero-order valence-corrected chi connectivity index (χ0v) is 23.7. The van der Waals surface area contributed by atoms with Crippen molar-refractivity contribution in [1.82, 2.24) is 0 Å². The second-order valence-electron chi connectivity index (χ2n) is 8.49. The smallest absolute Gasteiger partial charge is 0.303 e. The van der Waals surface area contributed by atoms with E-state index in [9.17, 15) is 18.0 Å². The highest BCUT2D eigenvalue weighted by Crippen LogP contribution is 2.26. The molecule has 1 N–H and O–H groups in total. The van der Waals surface area contributed by atoms with Crippen LogP contribution >= 0.6 is 0 Å². The normalized spacial score (nSPS) is 10.1. The number of aryl methyl sites for hydroxylation is 1. The Hall–Kier alpha value is -2.47. The van der Waals surface area contributed by atoms with Gasteiger partial charge in [-0.15, -0.1) is 0 Å². The van der Waals surface area contributed by atoms with Crippen molar-refractivity contribution < 1.29 is 23.1 Å². The summed E-state index contributed by atoms with van der Waals surface area (Å²) in [5, 5.41) is 7.72. The largest absolute Gasteiger partial charge is 0.481 e. The zero-order valence-electron chi connectivity index (χ0n) is 22.9. The van der Waals surface area contributed by atoms with E-state index in [1.807, 2.05) is 0 Å². The van der Waals surface area contributed by atoms with Crippen LogP contribution in [0.2, 0.25) is 0 Å². The maximum Gasteiger partial charge on any atom is 0.303 e. The highest BCUT2D eigenvalue weighted by molar-refractivity contribution is 7.90. The third-order valence-corrected chi connectivity index (χ3v) is 5.94. The summed E-state index contributed by atoms with van der Waals surface area (Å²) in [5.41, 5.74) is 3.41. The van der Waals surface area contributed by atoms with Crippen LogP contribution in [-0.4, -0.2) is 31.5 Å². The number of carbonyl (C=O) groups excluding carboxylic acids is 1. The van der Waals surface area contributed by atoms with Crippen LogP contribution in [0.5, 0.6) is 0 Å². The van der Waals surface area contributed by atoms with E-state index in [2.05, 4.69) is 58.9 Å². The predicted molar refractivity (Wildman–Crippen MR) is 147 cm³/mol. The van der Waals surface area contributed by atoms with Gasteiger partial charge in [0.2, 0.25) is 0 Å². The van der Waals surface area contributed by atoms with Gasteiger partial charge in [-0.05, 0) is 50.3 Å². The van der Waals surface area contributed by atoms with E-state index in [1.165, 1.54) is 74.4 Å². The number of aliphatic carboxylic acids is 1. The molecule has 0 radical (unpaired) electrons. The lowest BCUT2D eigenvalue weighted by Gasteiger charge is -2.15. The van der Waals surface area contributed by atoms with Gasteiger partial charge in [-0.1, -0.05) is 95.8 Å². The molecule has 2 aromatic carbocycles. The molecule has 0 aromatic heterocycles. The van der Waals surface area contributed by atoms with Crippen LogP contribution in [0.15, 0.2) is 53.4 Å². The number of hydrogen-bond donors (Lipinski definition) is 1. The molecule has 6 heteroatoms. The molecule has 0 saturated carbocycles. The summed E-state index contributed by atoms with van der Waals surface area (Å²) in [5.74, 6) is -0.0318. The van der Waals surface area contributed by atoms with Crippen molar-refractivity contribution >= 4 is 21.6 Å². The van der Waals surface area contributed by atoms with E-state index in [4.69, 9.17) is 5.11 Å². The molecule has 0 fully saturated rings. The fraction of sp³-hybridized carbons (Fsp3) is 0.517. The molecular formula is C29H46O5S. The van der Waals surface area contributed by atoms with Crippen LogP contribution in [0.25, 0.3) is 0 Å². The van der Waals surface area contributed by atoms with Gasteiger partial charge in [-0.2, -0.15) is 0 Å². The van der Waals surface area contributed by atoms with Crippen LogP contribution in [0.1, 0.15) is 107 Å². The fourth-order valence-electron chi connectivity index (χ4n) is 2.95. The number of sulfone groups is 1. The summed E-state index contributed by atoms with van der Waals surface area (Å²) in [6, 6.07) is 15.0. The monoisotopic (exact) mass is 506 g/mol. The first-order valence-corrected chi connectivity index (χ1v) is 14.4. The highest BCUT2D eigenvalue weighted by atomic mass is 32.2. The quantitative estimate of drug-likeness (QED) is 0.368. The lowest BCUT2D eigenvalue weighted by molar-refractivity contribution is -0.136. The molecule has 198 valence electrons. The lowest BCUT2D eigenvalue weighted by Crippen LogP contribution is -1.98. The van der Waals surface area contributed by atoms with Crippen molar-refractivity contribution in [3.63, 3.8) is 0 Å². The Balaban J connectivity index is 0. The van der Waals surface area contributed by atoms with Gasteiger partial charge in [0.1, 0.15) is 0 Å². The minimum Gasteiger partial charge on any atom is -0.481 e. The Morgan fingerprint density at radius 2 is 1.23 bits per heavy atom. The number of Topliss-reactive ketones (excluding diaryl/α,β-unsaturated/α-hetero) is 1. The van der Waals surface area contributed by atoms with Crippen molar-refractivity contribution in [2.24, 2.45) is 0 Å². The molecule has 2 rings (SSSR count). The molecule has 0 aliphatic heterocycles. The molecule has 0 saturated heterocycles. The Morgan fingerprint density at radius 3 is 1.51 bits per heavy atom. The molecule has 0 amide bonds. The number of ketones is 1. The van der Waals surface area contributed by atoms with Crippen LogP contribution in [0.4, 0.5) is 0 Å². The maximum atomic E-state index is 11.0. The molecule has 0 heterocycles. The Kier molecular flexibility index (Phi) is 19.6. The molecule has 35 heavy (non-hydrogen) atoms. The Labute approximate surface area is 213 Å². The minimum atomic E-state index is -3.16. The number of benzene rings is 2. The fourth-order valence-corrected chi connectivity index (χ4v) is 3.58. The summed E-state index contributed by atoms with van der Waals surface area (Å²) < 4.78 is 22.1. The number of carbonyl (C=O) groups is 2. The Morgan fingerprint density at radius 1 is 0.829 bits per heavy atom. The molecular weight excluding hydrogens is 460 g/mol. The number of rotatable bonds is 8. The third-order valence-electron chi connectivity index (χ3n) is 4.81. The molecule has 0 unspecified atom stereocenters. The van der Waals surface area contributed by atoms with Crippen LogP contribution in [0, 0.1) is 6.92 Å². The SMILES string of the molecule is CC(=O)c1ccc(S(C)(=O)=O)cc1.CCC.CCC(=O)O.CCCC(CCC)c1ccc(C)cc1. The maximum absolute atomic E-state index is 11.0. The van der Waals surface area contributed by atoms with Crippen molar-refractivity contribution in [2.75, 3.05) is 6.26 Å². The first-order valence-electron chi connectivity index (χ1n) is 12.5. The van der Waals surface area contributed by atoms with E-state index >= 15 is 0 Å². The number of hydrogen-bond acceptors (Lipinski definition) is 4. The van der Waals surface area contributed by atoms with Gasteiger partial charge in [0.25, 0.3) is 0 Å². The van der Waals surface area contributed by atoms with Crippen molar-refractivity contribution in [2.45, 2.75) is 97.8 Å². The second-order valence-corrected chi connectivity index (χ2v) is 10.5. The van der Waals surface area contributed by atoms with E-state index in [-0.39, 0.29) is 17.1 Å². The minimum absolute atomic E-state index is 0.0694. The summed E-state index contributed by atoms with van der Waals surface area (Å²) in [6.45, 7) is 14.0. The molecule has 2 aromatic rings. The highest BCUT2D eigenvalue weighted by Gasteiger charge is 2.09. The van der Waals surface area contributed by atoms with Gasteiger partial charge in [-0.25, -0.2) is 8.42 Å². The summed E-state index contributed by atoms with van der Waals surface area (Å²) >= 11 is 0. The molecule has 5 nitrogen and oxygen atoms in total. The predicted octanol–water partition coefficient (Wildman–Crippen LogP) is 7.87. The van der Waals surface area contributed by atoms with Crippen molar-refractivity contribution in [1.29, 1.82) is 0 Å². The standard InChI is InChI=1S/C14H22.C9H10O3S.C3H6O2.C3H8/c1-4-6-13(7-5-2)14-10-8-12(3)9-11-14;1-7(10)8-3-5-9(6-4-8)13(2,11)12;1-2-3(4)5;1-3-2/h8-11,13H,4-7H2,1-3H3;3-6H,1-2H3;2H2,1H3,(H,4,5);3H2,1-2H3. The van der Waals surface area contributed by atoms with Gasteiger partial charge in [0.15, 0.2) is 15.6 Å². The van der Waals surface area contributed by atoms with Gasteiger partial charge in [0, 0.05) is 18.2 Å². The van der Waals surface area contributed by atoms with Crippen molar-refractivity contribution in [3.8, 4) is 0 Å². The topological polar surface area (TPSA) is 88.5 Å². The summed E-state index contributed by atoms with van der Waals surface area (Å²) in [7, 11) is -3.16. The van der Waals surface area contributed by atoms with E-state index < -0.39 is 15.8 Å². The lowest BCUT2D eigenvalue weighted by atomic mass is 9.90. The van der Waals surface area contributed by atoms with Gasteiger partial charge in [-0.3, -0.25) is 9.59 Å². The van der Waals surface area contributed by atoms with Gasteiger partial charge in [0.05, 0.1) is 4.90 Å². The van der Waals surface area contributed by atoms with Gasteiger partial charge >= 0.3 is 5.97 Å². The average Bonchev–Trinajstić information content (AvgIpc) is 2.80. The van der Waals surface area contributed by atoms with Gasteiger partial charge < -0.3 is 5.11 Å². The van der Waals surface area contributed by atoms with Crippen LogP contribution in [0.3, 0.4) is 0 Å². The molecule has 0 aliphatic carbocycles. The number of carboxylic acid groups (broad SMARTS) is 1. The van der Waals surface area contributed by atoms with E-state index in [0.717, 1.165) is 12.2 Å². The van der Waals surface area contributed by atoms with Crippen LogP contribution in [-0.2, 0) is 14.6 Å². The van der Waals surface area contributed by atoms with Crippen molar-refractivity contribution in [3.05, 3.63) is 65.2 Å². The molecule has 0 spiro atoms. The summed E-state index contributed by atoms with van der Waals surface area (Å²) in [4.78, 5) is 20.5. The average molecular weight is 507 g/mol. The Bertz CT molecular complexity index is 924. The van der Waals surface area contributed by atoms with Crippen LogP contribution < -0.4 is 0 Å². The van der Waals surface area contributed by atoms with E-state index in [1.54, 1.807) is 6.92 Å². The first-order chi connectivity index (χ1) is 16.4. The summed E-state index contributed by atoms with van der Waals surface area (Å²) in [6.07, 6.45) is 7.85. The zero-order chi connectivity index (χ0) is 27.4. The second kappa shape index (κ2) is 19.8. The molecule has 0 atom stereocenters. The molecule has 0 aliphatic rings. The molecule has 0 bridgehead atoms. The van der Waals surface area contributed by atoms with E-state index in [0.29, 0.717) is 5.56 Å². The first kappa shape index (κ1) is 34.7. The number of carboxylic acids is 1.